The number of carbonyl (C=O) groups excluding carboxylic acids is 2. The number of morpholine rings is 1. The summed E-state index contributed by atoms with van der Waals surface area (Å²) in [5, 5.41) is 6.55. The highest BCUT2D eigenvalue weighted by molar-refractivity contribution is 7.13. The number of hydrogen-bond donors (Lipinski definition) is 0. The molecule has 0 aliphatic carbocycles. The molecule has 0 atom stereocenters. The van der Waals surface area contributed by atoms with E-state index in [1.807, 2.05) is 40.6 Å². The third kappa shape index (κ3) is 4.13. The fourth-order valence-electron chi connectivity index (χ4n) is 4.13. The average Bonchev–Trinajstić information content (AvgIpc) is 3.49. The van der Waals surface area contributed by atoms with Crippen LogP contribution in [0.5, 0.6) is 0 Å². The smallest absolute Gasteiger partial charge is 0.274 e. The Morgan fingerprint density at radius 3 is 2.58 bits per heavy atom. The number of carbonyl (C=O) groups is 2. The van der Waals surface area contributed by atoms with Gasteiger partial charge in [-0.25, -0.2) is 0 Å². The Hall–Kier alpha value is -2.97. The van der Waals surface area contributed by atoms with E-state index >= 15 is 0 Å². The molecule has 5 rings (SSSR count). The van der Waals surface area contributed by atoms with E-state index in [2.05, 4.69) is 17.2 Å². The van der Waals surface area contributed by atoms with Crippen molar-refractivity contribution in [2.24, 2.45) is 0 Å². The number of hydrogen-bond acceptors (Lipinski definition) is 5. The summed E-state index contributed by atoms with van der Waals surface area (Å²) < 4.78 is 7.03. The molecule has 160 valence electrons. The first kappa shape index (κ1) is 20.0. The van der Waals surface area contributed by atoms with Gasteiger partial charge in [0.2, 0.25) is 5.91 Å². The summed E-state index contributed by atoms with van der Waals surface area (Å²) in [5.41, 5.74) is 3.69. The summed E-state index contributed by atoms with van der Waals surface area (Å²) in [5.74, 6) is -0.0972. The van der Waals surface area contributed by atoms with Crippen molar-refractivity contribution in [3.05, 3.63) is 64.7 Å². The number of amides is 2. The number of fused-ring (bicyclic) bond motifs is 1. The van der Waals surface area contributed by atoms with Crippen LogP contribution >= 0.6 is 11.3 Å². The maximum Gasteiger partial charge on any atom is 0.274 e. The van der Waals surface area contributed by atoms with E-state index in [-0.39, 0.29) is 18.4 Å². The minimum atomic E-state index is -0.112. The van der Waals surface area contributed by atoms with Crippen molar-refractivity contribution < 1.29 is 14.3 Å². The molecule has 0 unspecified atom stereocenters. The lowest BCUT2D eigenvalue weighted by atomic mass is 10.00. The first-order valence-corrected chi connectivity index (χ1v) is 11.4. The average molecular weight is 437 g/mol. The molecule has 7 nitrogen and oxygen atoms in total. The zero-order valence-corrected chi connectivity index (χ0v) is 18.0. The molecule has 2 aliphatic heterocycles. The van der Waals surface area contributed by atoms with Crippen molar-refractivity contribution in [3.8, 4) is 10.6 Å². The van der Waals surface area contributed by atoms with Gasteiger partial charge in [0, 0.05) is 26.2 Å². The lowest BCUT2D eigenvalue weighted by Crippen LogP contribution is -2.41. The monoisotopic (exact) mass is 436 g/mol. The SMILES string of the molecule is O=C(Cn1nc(C(=O)N2CCOCC2)cc1-c1cccs1)N1CCc2ccccc2C1. The van der Waals surface area contributed by atoms with Gasteiger partial charge in [-0.2, -0.15) is 5.10 Å². The Balaban J connectivity index is 1.38. The summed E-state index contributed by atoms with van der Waals surface area (Å²) in [4.78, 5) is 30.7. The Kier molecular flexibility index (Phi) is 5.57. The molecule has 2 aliphatic rings. The predicted octanol–water partition coefficient (Wildman–Crippen LogP) is 2.67. The van der Waals surface area contributed by atoms with Crippen LogP contribution in [0.2, 0.25) is 0 Å². The predicted molar refractivity (Wildman–Crippen MR) is 118 cm³/mol. The largest absolute Gasteiger partial charge is 0.378 e. The number of thiophene rings is 1. The quantitative estimate of drug-likeness (QED) is 0.631. The van der Waals surface area contributed by atoms with Crippen molar-refractivity contribution in [2.45, 2.75) is 19.5 Å². The minimum absolute atomic E-state index is 0.0146. The lowest BCUT2D eigenvalue weighted by Gasteiger charge is -2.29. The normalized spacial score (nSPS) is 16.3. The molecule has 0 bridgehead atoms. The van der Waals surface area contributed by atoms with E-state index in [1.54, 1.807) is 20.9 Å². The molecule has 1 aromatic carbocycles. The second-order valence-electron chi connectivity index (χ2n) is 7.79. The highest BCUT2D eigenvalue weighted by Gasteiger charge is 2.26. The summed E-state index contributed by atoms with van der Waals surface area (Å²) in [6.07, 6.45) is 0.861. The number of aromatic nitrogens is 2. The maximum absolute atomic E-state index is 13.1. The van der Waals surface area contributed by atoms with Gasteiger partial charge in [0.25, 0.3) is 5.91 Å². The van der Waals surface area contributed by atoms with Crippen LogP contribution in [0.1, 0.15) is 21.6 Å². The third-order valence-electron chi connectivity index (χ3n) is 5.84. The van der Waals surface area contributed by atoms with Gasteiger partial charge in [0.15, 0.2) is 5.69 Å². The summed E-state index contributed by atoms with van der Waals surface area (Å²) in [7, 11) is 0. The molecule has 2 aromatic heterocycles. The fourth-order valence-corrected chi connectivity index (χ4v) is 4.88. The van der Waals surface area contributed by atoms with Gasteiger partial charge < -0.3 is 14.5 Å². The fraction of sp³-hybridized carbons (Fsp3) is 0.348. The van der Waals surface area contributed by atoms with Gasteiger partial charge in [0.05, 0.1) is 23.8 Å². The van der Waals surface area contributed by atoms with E-state index < -0.39 is 0 Å². The van der Waals surface area contributed by atoms with Gasteiger partial charge in [-0.15, -0.1) is 11.3 Å². The van der Waals surface area contributed by atoms with Gasteiger partial charge in [-0.3, -0.25) is 14.3 Å². The van der Waals surface area contributed by atoms with E-state index in [9.17, 15) is 9.59 Å². The molecule has 2 amide bonds. The number of benzene rings is 1. The molecule has 3 aromatic rings. The van der Waals surface area contributed by atoms with Gasteiger partial charge in [-0.05, 0) is 35.1 Å². The molecule has 4 heterocycles. The lowest BCUT2D eigenvalue weighted by molar-refractivity contribution is -0.132. The first-order chi connectivity index (χ1) is 15.2. The second-order valence-corrected chi connectivity index (χ2v) is 8.74. The van der Waals surface area contributed by atoms with Crippen molar-refractivity contribution in [2.75, 3.05) is 32.8 Å². The van der Waals surface area contributed by atoms with E-state index in [0.29, 0.717) is 45.1 Å². The molecule has 31 heavy (non-hydrogen) atoms. The number of ether oxygens (including phenoxy) is 1. The van der Waals surface area contributed by atoms with Crippen LogP contribution in [0.4, 0.5) is 0 Å². The third-order valence-corrected chi connectivity index (χ3v) is 6.73. The van der Waals surface area contributed by atoms with E-state index in [1.165, 1.54) is 11.1 Å². The van der Waals surface area contributed by atoms with Crippen LogP contribution in [-0.4, -0.2) is 64.2 Å². The molecule has 1 saturated heterocycles. The Morgan fingerprint density at radius 1 is 1.00 bits per heavy atom. The molecular formula is C23H24N4O3S. The van der Waals surface area contributed by atoms with Gasteiger partial charge in [0.1, 0.15) is 6.54 Å². The van der Waals surface area contributed by atoms with Crippen LogP contribution in [0.3, 0.4) is 0 Å². The molecular weight excluding hydrogens is 412 g/mol. The zero-order chi connectivity index (χ0) is 21.2. The van der Waals surface area contributed by atoms with Crippen LogP contribution in [0, 0.1) is 0 Å². The first-order valence-electron chi connectivity index (χ1n) is 10.5. The molecule has 1 fully saturated rings. The second kappa shape index (κ2) is 8.64. The zero-order valence-electron chi connectivity index (χ0n) is 17.2. The molecule has 0 radical (unpaired) electrons. The van der Waals surface area contributed by atoms with E-state index in [4.69, 9.17) is 4.74 Å². The van der Waals surface area contributed by atoms with Crippen molar-refractivity contribution in [3.63, 3.8) is 0 Å². The Bertz CT molecular complexity index is 1090. The van der Waals surface area contributed by atoms with Crippen molar-refractivity contribution >= 4 is 23.2 Å². The Morgan fingerprint density at radius 2 is 1.81 bits per heavy atom. The van der Waals surface area contributed by atoms with E-state index in [0.717, 1.165) is 17.0 Å². The standard InChI is InChI=1S/C23H24N4O3S/c28-22(26-8-7-17-4-1-2-5-18(17)15-26)16-27-20(21-6-3-13-31-21)14-19(24-27)23(29)25-9-11-30-12-10-25/h1-6,13-14H,7-12,15-16H2. The molecule has 0 N–H and O–H groups in total. The summed E-state index contributed by atoms with van der Waals surface area (Å²) in [6, 6.07) is 14.0. The number of nitrogens with zero attached hydrogens (tertiary/aromatic N) is 4. The van der Waals surface area contributed by atoms with Crippen LogP contribution in [-0.2, 0) is 29.0 Å². The van der Waals surface area contributed by atoms with Crippen LogP contribution < -0.4 is 0 Å². The topological polar surface area (TPSA) is 67.7 Å². The van der Waals surface area contributed by atoms with Crippen LogP contribution in [0.25, 0.3) is 10.6 Å². The van der Waals surface area contributed by atoms with Gasteiger partial charge in [-0.1, -0.05) is 30.3 Å². The molecule has 8 heteroatoms. The Labute approximate surface area is 184 Å². The van der Waals surface area contributed by atoms with Crippen molar-refractivity contribution in [1.82, 2.24) is 19.6 Å². The summed E-state index contributed by atoms with van der Waals surface area (Å²) in [6.45, 7) is 3.64. The maximum atomic E-state index is 13.1. The molecule has 0 spiro atoms. The number of rotatable bonds is 4. The molecule has 0 saturated carbocycles. The highest BCUT2D eigenvalue weighted by Crippen LogP contribution is 2.27. The minimum Gasteiger partial charge on any atom is -0.378 e. The van der Waals surface area contributed by atoms with Gasteiger partial charge >= 0.3 is 0 Å². The summed E-state index contributed by atoms with van der Waals surface area (Å²) >= 11 is 1.57. The van der Waals surface area contributed by atoms with Crippen LogP contribution in [0.15, 0.2) is 47.8 Å². The van der Waals surface area contributed by atoms with Crippen molar-refractivity contribution in [1.29, 1.82) is 0 Å². The highest BCUT2D eigenvalue weighted by atomic mass is 32.1.